The molecule has 0 bridgehead atoms. The number of carbonyl (C=O) groups excluding carboxylic acids is 1. The molecule has 0 aliphatic rings. The number of rotatable bonds is 6. The highest BCUT2D eigenvalue weighted by Crippen LogP contribution is 2.15. The molecule has 1 heterocycles. The molecular weight excluding hydrogens is 310 g/mol. The Kier molecular flexibility index (Phi) is 5.29. The molecule has 2 aromatic carbocycles. The monoisotopic (exact) mass is 333 g/mol. The van der Waals surface area contributed by atoms with Gasteiger partial charge in [0.25, 0.3) is 0 Å². The number of nitrogens with zero attached hydrogens (tertiary/aromatic N) is 2. The molecule has 0 fully saturated rings. The van der Waals surface area contributed by atoms with E-state index < -0.39 is 0 Å². The van der Waals surface area contributed by atoms with Crippen molar-refractivity contribution in [2.24, 2.45) is 0 Å². The van der Waals surface area contributed by atoms with Crippen LogP contribution in [0.2, 0.25) is 0 Å². The summed E-state index contributed by atoms with van der Waals surface area (Å²) in [6, 6.07) is 20.1. The number of aromatic nitrogens is 2. The van der Waals surface area contributed by atoms with E-state index in [9.17, 15) is 4.79 Å². The zero-order valence-corrected chi connectivity index (χ0v) is 14.7. The summed E-state index contributed by atoms with van der Waals surface area (Å²) in [5.74, 6) is 0.0285. The van der Waals surface area contributed by atoms with Crippen molar-refractivity contribution in [2.45, 2.75) is 33.4 Å². The molecule has 0 unspecified atom stereocenters. The minimum Gasteiger partial charge on any atom is -0.352 e. The van der Waals surface area contributed by atoms with Gasteiger partial charge in [0.15, 0.2) is 0 Å². The van der Waals surface area contributed by atoms with E-state index in [1.165, 1.54) is 5.56 Å². The Morgan fingerprint density at radius 3 is 2.20 bits per heavy atom. The SMILES string of the molecule is Cc1nn(Cc2ccccc2)c(C)c1CNC(=O)Cc1ccccc1. The predicted octanol–water partition coefficient (Wildman–Crippen LogP) is 3.41. The Morgan fingerprint density at radius 1 is 0.960 bits per heavy atom. The predicted molar refractivity (Wildman–Crippen MR) is 99.2 cm³/mol. The molecule has 1 aromatic heterocycles. The van der Waals surface area contributed by atoms with E-state index in [0.717, 1.165) is 29.1 Å². The van der Waals surface area contributed by atoms with Crippen molar-refractivity contribution in [3.05, 3.63) is 88.7 Å². The highest BCUT2D eigenvalue weighted by molar-refractivity contribution is 5.78. The Labute approximate surface area is 148 Å². The van der Waals surface area contributed by atoms with Gasteiger partial charge in [0.1, 0.15) is 0 Å². The van der Waals surface area contributed by atoms with E-state index in [4.69, 9.17) is 0 Å². The number of hydrogen-bond acceptors (Lipinski definition) is 2. The first-order valence-corrected chi connectivity index (χ1v) is 8.51. The molecule has 4 nitrogen and oxygen atoms in total. The molecule has 0 atom stereocenters. The molecular formula is C21H23N3O. The first-order valence-electron chi connectivity index (χ1n) is 8.51. The van der Waals surface area contributed by atoms with Gasteiger partial charge in [-0.2, -0.15) is 5.10 Å². The van der Waals surface area contributed by atoms with Crippen LogP contribution in [0.15, 0.2) is 60.7 Å². The lowest BCUT2D eigenvalue weighted by Gasteiger charge is -2.07. The summed E-state index contributed by atoms with van der Waals surface area (Å²) in [6.45, 7) is 5.30. The smallest absolute Gasteiger partial charge is 0.224 e. The van der Waals surface area contributed by atoms with Crippen molar-refractivity contribution in [3.63, 3.8) is 0 Å². The number of hydrogen-bond donors (Lipinski definition) is 1. The van der Waals surface area contributed by atoms with Crippen LogP contribution in [-0.4, -0.2) is 15.7 Å². The molecule has 1 N–H and O–H groups in total. The van der Waals surface area contributed by atoms with E-state index >= 15 is 0 Å². The maximum absolute atomic E-state index is 12.2. The van der Waals surface area contributed by atoms with Crippen LogP contribution in [0.1, 0.15) is 28.1 Å². The Morgan fingerprint density at radius 2 is 1.56 bits per heavy atom. The second kappa shape index (κ2) is 7.79. The fraction of sp³-hybridized carbons (Fsp3) is 0.238. The molecule has 0 radical (unpaired) electrons. The van der Waals surface area contributed by atoms with Gasteiger partial charge in [-0.05, 0) is 25.0 Å². The maximum Gasteiger partial charge on any atom is 0.224 e. The van der Waals surface area contributed by atoms with Crippen molar-refractivity contribution in [3.8, 4) is 0 Å². The van der Waals surface area contributed by atoms with Gasteiger partial charge in [0.05, 0.1) is 18.7 Å². The molecule has 0 spiro atoms. The average Bonchev–Trinajstić information content (AvgIpc) is 2.88. The summed E-state index contributed by atoms with van der Waals surface area (Å²) in [5, 5.41) is 7.65. The molecule has 0 saturated heterocycles. The Hall–Kier alpha value is -2.88. The summed E-state index contributed by atoms with van der Waals surface area (Å²) < 4.78 is 2.00. The second-order valence-electron chi connectivity index (χ2n) is 6.23. The van der Waals surface area contributed by atoms with E-state index in [0.29, 0.717) is 13.0 Å². The average molecular weight is 333 g/mol. The summed E-state index contributed by atoms with van der Waals surface area (Å²) in [6.07, 6.45) is 0.400. The van der Waals surface area contributed by atoms with Gasteiger partial charge in [-0.3, -0.25) is 9.48 Å². The third kappa shape index (κ3) is 4.35. The zero-order chi connectivity index (χ0) is 17.6. The van der Waals surface area contributed by atoms with Gasteiger partial charge in [-0.15, -0.1) is 0 Å². The van der Waals surface area contributed by atoms with Crippen molar-refractivity contribution >= 4 is 5.91 Å². The van der Waals surface area contributed by atoms with Crippen LogP contribution in [0.25, 0.3) is 0 Å². The van der Waals surface area contributed by atoms with Gasteiger partial charge in [-0.1, -0.05) is 60.7 Å². The third-order valence-electron chi connectivity index (χ3n) is 4.38. The molecule has 0 aliphatic heterocycles. The molecule has 0 saturated carbocycles. The molecule has 1 amide bonds. The van der Waals surface area contributed by atoms with Gasteiger partial charge >= 0.3 is 0 Å². The van der Waals surface area contributed by atoms with E-state index in [1.807, 2.05) is 60.1 Å². The van der Waals surface area contributed by atoms with Gasteiger partial charge in [0, 0.05) is 17.8 Å². The zero-order valence-electron chi connectivity index (χ0n) is 14.7. The summed E-state index contributed by atoms with van der Waals surface area (Å²) >= 11 is 0. The lowest BCUT2D eigenvalue weighted by molar-refractivity contribution is -0.120. The number of amides is 1. The highest BCUT2D eigenvalue weighted by atomic mass is 16.1. The van der Waals surface area contributed by atoms with Crippen molar-refractivity contribution in [2.75, 3.05) is 0 Å². The van der Waals surface area contributed by atoms with Crippen LogP contribution >= 0.6 is 0 Å². The standard InChI is InChI=1S/C21H23N3O/c1-16-20(14-22-21(25)13-18-9-5-3-6-10-18)17(2)24(23-16)15-19-11-7-4-8-12-19/h3-12H,13-15H2,1-2H3,(H,22,25). The van der Waals surface area contributed by atoms with Gasteiger partial charge < -0.3 is 5.32 Å². The molecule has 128 valence electrons. The van der Waals surface area contributed by atoms with Crippen molar-refractivity contribution in [1.29, 1.82) is 0 Å². The van der Waals surface area contributed by atoms with E-state index in [1.54, 1.807) is 0 Å². The Bertz CT molecular complexity index is 838. The maximum atomic E-state index is 12.2. The summed E-state index contributed by atoms with van der Waals surface area (Å²) in [5.41, 5.74) is 5.40. The lowest BCUT2D eigenvalue weighted by Crippen LogP contribution is -2.25. The van der Waals surface area contributed by atoms with Crippen LogP contribution < -0.4 is 5.32 Å². The normalized spacial score (nSPS) is 10.6. The number of benzene rings is 2. The Balaban J connectivity index is 1.64. The van der Waals surface area contributed by atoms with Crippen molar-refractivity contribution in [1.82, 2.24) is 15.1 Å². The largest absolute Gasteiger partial charge is 0.352 e. The van der Waals surface area contributed by atoms with Crippen molar-refractivity contribution < 1.29 is 4.79 Å². The third-order valence-corrected chi connectivity index (χ3v) is 4.38. The highest BCUT2D eigenvalue weighted by Gasteiger charge is 2.13. The lowest BCUT2D eigenvalue weighted by atomic mass is 10.1. The fourth-order valence-electron chi connectivity index (χ4n) is 2.93. The minimum absolute atomic E-state index is 0.0285. The molecule has 0 aliphatic carbocycles. The summed E-state index contributed by atoms with van der Waals surface area (Å²) in [4.78, 5) is 12.2. The van der Waals surface area contributed by atoms with Crippen LogP contribution in [0, 0.1) is 13.8 Å². The topological polar surface area (TPSA) is 46.9 Å². The first-order chi connectivity index (χ1) is 12.1. The summed E-state index contributed by atoms with van der Waals surface area (Å²) in [7, 11) is 0. The van der Waals surface area contributed by atoms with E-state index in [2.05, 4.69) is 29.5 Å². The molecule has 3 aromatic rings. The van der Waals surface area contributed by atoms with Crippen LogP contribution in [0.5, 0.6) is 0 Å². The fourth-order valence-corrected chi connectivity index (χ4v) is 2.93. The minimum atomic E-state index is 0.0285. The van der Waals surface area contributed by atoms with Crippen LogP contribution in [0.3, 0.4) is 0 Å². The van der Waals surface area contributed by atoms with Gasteiger partial charge in [0.2, 0.25) is 5.91 Å². The first kappa shape index (κ1) is 17.0. The van der Waals surface area contributed by atoms with E-state index in [-0.39, 0.29) is 5.91 Å². The molecule has 25 heavy (non-hydrogen) atoms. The molecule has 3 rings (SSSR count). The number of aryl methyl sites for hydroxylation is 1. The quantitative estimate of drug-likeness (QED) is 0.751. The number of carbonyl (C=O) groups is 1. The number of nitrogens with one attached hydrogen (secondary N) is 1. The van der Waals surface area contributed by atoms with Crippen LogP contribution in [-0.2, 0) is 24.3 Å². The van der Waals surface area contributed by atoms with Crippen LogP contribution in [0.4, 0.5) is 0 Å². The molecule has 4 heteroatoms. The van der Waals surface area contributed by atoms with Gasteiger partial charge in [-0.25, -0.2) is 0 Å². The second-order valence-corrected chi connectivity index (χ2v) is 6.23.